The summed E-state index contributed by atoms with van der Waals surface area (Å²) in [7, 11) is 0. The summed E-state index contributed by atoms with van der Waals surface area (Å²) >= 11 is 0. The Bertz CT molecular complexity index is 580. The molecule has 0 radical (unpaired) electrons. The third kappa shape index (κ3) is 15.3. The molecule has 3 heteroatoms. The third-order valence-corrected chi connectivity index (χ3v) is 5.84. The molecule has 184 valence electrons. The third-order valence-electron chi connectivity index (χ3n) is 5.84. The number of ether oxygens (including phenoxy) is 2. The van der Waals surface area contributed by atoms with Gasteiger partial charge in [0.2, 0.25) is 0 Å². The van der Waals surface area contributed by atoms with E-state index in [9.17, 15) is 4.79 Å². The van der Waals surface area contributed by atoms with Crippen LogP contribution in [0.3, 0.4) is 0 Å². The van der Waals surface area contributed by atoms with Crippen molar-refractivity contribution in [3.05, 3.63) is 29.8 Å². The smallest absolute Gasteiger partial charge is 0.341 e. The van der Waals surface area contributed by atoms with E-state index in [1.165, 1.54) is 83.5 Å². The SMILES string of the molecule is CC(C)CCCCCCCCCCCCCCCOc1ccccc1C(=O)OCC(C)C. The van der Waals surface area contributed by atoms with Crippen LogP contribution >= 0.6 is 0 Å². The number of para-hydroxylation sites is 1. The molecule has 0 unspecified atom stereocenters. The van der Waals surface area contributed by atoms with Gasteiger partial charge in [-0.15, -0.1) is 0 Å². The maximum absolute atomic E-state index is 12.3. The van der Waals surface area contributed by atoms with Gasteiger partial charge in [-0.25, -0.2) is 4.79 Å². The molecule has 0 aromatic heterocycles. The van der Waals surface area contributed by atoms with Crippen molar-refractivity contribution in [1.82, 2.24) is 0 Å². The van der Waals surface area contributed by atoms with Crippen LogP contribution in [0.1, 0.15) is 128 Å². The van der Waals surface area contributed by atoms with E-state index in [0.29, 0.717) is 30.4 Å². The Morgan fingerprint density at radius 1 is 0.688 bits per heavy atom. The second-order valence-corrected chi connectivity index (χ2v) is 10.1. The molecule has 0 atom stereocenters. The van der Waals surface area contributed by atoms with Gasteiger partial charge in [-0.1, -0.05) is 123 Å². The summed E-state index contributed by atoms with van der Waals surface area (Å²) in [6, 6.07) is 7.40. The fraction of sp³-hybridized carbons (Fsp3) is 0.759. The molecule has 0 heterocycles. The fourth-order valence-corrected chi connectivity index (χ4v) is 3.86. The lowest BCUT2D eigenvalue weighted by atomic mass is 10.0. The number of hydrogen-bond acceptors (Lipinski definition) is 3. The zero-order valence-electron chi connectivity index (χ0n) is 21.5. The molecule has 3 nitrogen and oxygen atoms in total. The number of carbonyl (C=O) groups excluding carboxylic acids is 1. The van der Waals surface area contributed by atoms with Gasteiger partial charge in [-0.3, -0.25) is 0 Å². The van der Waals surface area contributed by atoms with E-state index in [1.54, 1.807) is 6.07 Å². The predicted molar refractivity (Wildman–Crippen MR) is 137 cm³/mol. The molecule has 0 fully saturated rings. The second kappa shape index (κ2) is 19.0. The molecule has 0 aliphatic heterocycles. The number of carbonyl (C=O) groups is 1. The molecule has 0 spiro atoms. The molecule has 0 aliphatic carbocycles. The minimum Gasteiger partial charge on any atom is -0.493 e. The Morgan fingerprint density at radius 3 is 1.72 bits per heavy atom. The van der Waals surface area contributed by atoms with Crippen molar-refractivity contribution < 1.29 is 14.3 Å². The first kappa shape index (κ1) is 28.5. The second-order valence-electron chi connectivity index (χ2n) is 10.1. The maximum Gasteiger partial charge on any atom is 0.341 e. The van der Waals surface area contributed by atoms with E-state index >= 15 is 0 Å². The van der Waals surface area contributed by atoms with Crippen molar-refractivity contribution in [3.63, 3.8) is 0 Å². The normalized spacial score (nSPS) is 11.3. The molecule has 0 amide bonds. The lowest BCUT2D eigenvalue weighted by Crippen LogP contribution is -2.12. The van der Waals surface area contributed by atoms with Gasteiger partial charge in [0.1, 0.15) is 11.3 Å². The summed E-state index contributed by atoms with van der Waals surface area (Å²) in [5.41, 5.74) is 0.531. The van der Waals surface area contributed by atoms with E-state index < -0.39 is 0 Å². The summed E-state index contributed by atoms with van der Waals surface area (Å²) in [6.45, 7) is 9.81. The Hall–Kier alpha value is -1.51. The first-order valence-electron chi connectivity index (χ1n) is 13.4. The monoisotopic (exact) mass is 446 g/mol. The van der Waals surface area contributed by atoms with Gasteiger partial charge < -0.3 is 9.47 Å². The van der Waals surface area contributed by atoms with Gasteiger partial charge in [0.15, 0.2) is 0 Å². The minimum absolute atomic E-state index is 0.291. The van der Waals surface area contributed by atoms with Crippen molar-refractivity contribution >= 4 is 5.97 Å². The molecule has 0 saturated heterocycles. The number of hydrogen-bond donors (Lipinski definition) is 0. The summed E-state index contributed by atoms with van der Waals surface area (Å²) in [5, 5.41) is 0. The highest BCUT2D eigenvalue weighted by Gasteiger charge is 2.14. The number of unbranched alkanes of at least 4 members (excludes halogenated alkanes) is 12. The van der Waals surface area contributed by atoms with Crippen molar-refractivity contribution in [2.45, 2.75) is 118 Å². The van der Waals surface area contributed by atoms with Crippen molar-refractivity contribution in [2.24, 2.45) is 11.8 Å². The molecule has 0 aliphatic rings. The van der Waals surface area contributed by atoms with Gasteiger partial charge in [0, 0.05) is 0 Å². The molecular weight excluding hydrogens is 396 g/mol. The molecular formula is C29H50O3. The van der Waals surface area contributed by atoms with E-state index in [0.717, 1.165) is 12.3 Å². The highest BCUT2D eigenvalue weighted by molar-refractivity contribution is 5.92. The highest BCUT2D eigenvalue weighted by Crippen LogP contribution is 2.20. The first-order valence-corrected chi connectivity index (χ1v) is 13.4. The average molecular weight is 447 g/mol. The molecule has 0 bridgehead atoms. The summed E-state index contributed by atoms with van der Waals surface area (Å²) in [4.78, 5) is 12.3. The van der Waals surface area contributed by atoms with E-state index in [1.807, 2.05) is 32.0 Å². The Balaban J connectivity index is 1.97. The van der Waals surface area contributed by atoms with Crippen LogP contribution in [0.15, 0.2) is 24.3 Å². The molecule has 0 N–H and O–H groups in total. The minimum atomic E-state index is -0.291. The first-order chi connectivity index (χ1) is 15.5. The lowest BCUT2D eigenvalue weighted by molar-refractivity contribution is 0.0454. The number of benzene rings is 1. The van der Waals surface area contributed by atoms with Crippen LogP contribution in [0.2, 0.25) is 0 Å². The van der Waals surface area contributed by atoms with E-state index in [2.05, 4.69) is 13.8 Å². The van der Waals surface area contributed by atoms with Crippen LogP contribution in [0.4, 0.5) is 0 Å². The molecule has 32 heavy (non-hydrogen) atoms. The van der Waals surface area contributed by atoms with Gasteiger partial charge in [-0.05, 0) is 30.4 Å². The van der Waals surface area contributed by atoms with Crippen LogP contribution in [0.5, 0.6) is 5.75 Å². The predicted octanol–water partition coefficient (Wildman–Crippen LogP) is 9.00. The number of esters is 1. The van der Waals surface area contributed by atoms with Crippen molar-refractivity contribution in [3.8, 4) is 5.75 Å². The zero-order chi connectivity index (χ0) is 23.4. The zero-order valence-corrected chi connectivity index (χ0v) is 21.5. The van der Waals surface area contributed by atoms with Gasteiger partial charge in [-0.2, -0.15) is 0 Å². The topological polar surface area (TPSA) is 35.5 Å². The standard InChI is InChI=1S/C29H50O3/c1-25(2)20-16-14-12-10-8-6-5-7-9-11-13-15-19-23-31-28-22-18-17-21-27(28)29(30)32-24-26(3)4/h17-18,21-22,25-26H,5-16,19-20,23-24H2,1-4H3. The lowest BCUT2D eigenvalue weighted by Gasteiger charge is -2.12. The van der Waals surface area contributed by atoms with Gasteiger partial charge >= 0.3 is 5.97 Å². The molecule has 1 aromatic carbocycles. The molecule has 1 aromatic rings. The Morgan fingerprint density at radius 2 is 1.19 bits per heavy atom. The van der Waals surface area contributed by atoms with E-state index in [4.69, 9.17) is 9.47 Å². The highest BCUT2D eigenvalue weighted by atomic mass is 16.5. The van der Waals surface area contributed by atoms with Crippen LogP contribution < -0.4 is 4.74 Å². The summed E-state index contributed by atoms with van der Waals surface area (Å²) in [5.74, 6) is 1.54. The van der Waals surface area contributed by atoms with Crippen molar-refractivity contribution in [2.75, 3.05) is 13.2 Å². The van der Waals surface area contributed by atoms with Crippen molar-refractivity contribution in [1.29, 1.82) is 0 Å². The molecule has 1 rings (SSSR count). The average Bonchev–Trinajstić information content (AvgIpc) is 2.77. The maximum atomic E-state index is 12.3. The molecule has 0 saturated carbocycles. The van der Waals surface area contributed by atoms with Gasteiger partial charge in [0.25, 0.3) is 0 Å². The van der Waals surface area contributed by atoms with Crippen LogP contribution in [-0.2, 0) is 4.74 Å². The number of rotatable bonds is 20. The quantitative estimate of drug-likeness (QED) is 0.148. The summed E-state index contributed by atoms with van der Waals surface area (Å²) < 4.78 is 11.2. The Kier molecular flexibility index (Phi) is 16.9. The van der Waals surface area contributed by atoms with Crippen LogP contribution in [0.25, 0.3) is 0 Å². The summed E-state index contributed by atoms with van der Waals surface area (Å²) in [6.07, 6.45) is 18.9. The Labute approximate surface area is 198 Å². The van der Waals surface area contributed by atoms with E-state index in [-0.39, 0.29) is 5.97 Å². The van der Waals surface area contributed by atoms with Crippen LogP contribution in [-0.4, -0.2) is 19.2 Å². The largest absolute Gasteiger partial charge is 0.493 e. The van der Waals surface area contributed by atoms with Gasteiger partial charge in [0.05, 0.1) is 13.2 Å². The fourth-order valence-electron chi connectivity index (χ4n) is 3.86. The van der Waals surface area contributed by atoms with Crippen LogP contribution in [0, 0.1) is 11.8 Å².